The van der Waals surface area contributed by atoms with Crippen molar-refractivity contribution in [2.45, 2.75) is 57.5 Å². The molecule has 0 spiro atoms. The normalized spacial score (nSPS) is 18.0. The van der Waals surface area contributed by atoms with Crippen molar-refractivity contribution in [3.05, 3.63) is 70.9 Å². The van der Waals surface area contributed by atoms with Gasteiger partial charge in [-0.25, -0.2) is 0 Å². The van der Waals surface area contributed by atoms with Gasteiger partial charge in [0.25, 0.3) is 0 Å². The minimum Gasteiger partial charge on any atom is -0.381 e. The third-order valence-electron chi connectivity index (χ3n) is 7.86. The van der Waals surface area contributed by atoms with Gasteiger partial charge in [0, 0.05) is 48.8 Å². The Kier molecular flexibility index (Phi) is 9.45. The average Bonchev–Trinajstić information content (AvgIpc) is 3.24. The van der Waals surface area contributed by atoms with Crippen molar-refractivity contribution in [1.82, 2.24) is 15.2 Å². The van der Waals surface area contributed by atoms with Crippen LogP contribution in [0.1, 0.15) is 60.3 Å². The molecule has 2 aromatic carbocycles. The molecule has 2 aliphatic heterocycles. The van der Waals surface area contributed by atoms with Crippen LogP contribution in [0.4, 0.5) is 0 Å². The van der Waals surface area contributed by atoms with Crippen LogP contribution in [0.3, 0.4) is 0 Å². The van der Waals surface area contributed by atoms with E-state index in [9.17, 15) is 5.26 Å². The summed E-state index contributed by atoms with van der Waals surface area (Å²) in [6.07, 6.45) is 8.06. The van der Waals surface area contributed by atoms with Crippen molar-refractivity contribution < 1.29 is 4.74 Å². The first-order chi connectivity index (χ1) is 17.2. The van der Waals surface area contributed by atoms with Crippen LogP contribution in [0, 0.1) is 24.2 Å². The molecule has 0 saturated carbocycles. The molecule has 0 radical (unpaired) electrons. The van der Waals surface area contributed by atoms with Crippen LogP contribution in [0.5, 0.6) is 0 Å². The Morgan fingerprint density at radius 1 is 1.11 bits per heavy atom. The van der Waals surface area contributed by atoms with E-state index < -0.39 is 0 Å². The van der Waals surface area contributed by atoms with Crippen molar-refractivity contribution in [3.63, 3.8) is 0 Å². The first-order valence-electron chi connectivity index (χ1n) is 13.3. The minimum absolute atomic E-state index is 0. The number of piperidine rings is 1. The van der Waals surface area contributed by atoms with E-state index in [2.05, 4.69) is 70.8 Å². The number of nitriles is 1. The first kappa shape index (κ1) is 26.7. The summed E-state index contributed by atoms with van der Waals surface area (Å²) in [5.41, 5.74) is 5.99. The number of fused-ring (bicyclic) bond motifs is 1. The molecule has 5 nitrogen and oxygen atoms in total. The van der Waals surface area contributed by atoms with Gasteiger partial charge in [-0.3, -0.25) is 0 Å². The van der Waals surface area contributed by atoms with Gasteiger partial charge in [-0.2, -0.15) is 5.26 Å². The lowest BCUT2D eigenvalue weighted by Crippen LogP contribution is -2.40. The maximum atomic E-state index is 9.65. The fraction of sp³-hybridized carbons (Fsp3) is 0.500. The zero-order chi connectivity index (χ0) is 24.0. The second kappa shape index (κ2) is 12.7. The predicted molar refractivity (Wildman–Crippen MR) is 149 cm³/mol. The van der Waals surface area contributed by atoms with Crippen LogP contribution in [0.2, 0.25) is 0 Å². The van der Waals surface area contributed by atoms with Crippen LogP contribution in [0.15, 0.2) is 48.7 Å². The number of aryl methyl sites for hydroxylation is 1. The van der Waals surface area contributed by atoms with E-state index in [0.29, 0.717) is 12.0 Å². The van der Waals surface area contributed by atoms with Gasteiger partial charge in [0.15, 0.2) is 0 Å². The van der Waals surface area contributed by atoms with E-state index in [0.717, 1.165) is 64.2 Å². The molecule has 0 amide bonds. The molecule has 3 heterocycles. The SMILES string of the molecule is Cc1cccc(C(CCNC2CCNCC2)c2cn(CC3CCOCC3)c3ccc(C#N)cc23)c1.Cl. The molecule has 1 unspecified atom stereocenters. The number of nitrogens with zero attached hydrogens (tertiary/aromatic N) is 2. The molecule has 192 valence electrons. The lowest BCUT2D eigenvalue weighted by Gasteiger charge is -2.25. The summed E-state index contributed by atoms with van der Waals surface area (Å²) in [6, 6.07) is 18.2. The summed E-state index contributed by atoms with van der Waals surface area (Å²) >= 11 is 0. The maximum absolute atomic E-state index is 9.65. The molecule has 1 atom stereocenters. The fourth-order valence-electron chi connectivity index (χ4n) is 5.88. The Balaban J connectivity index is 0.00000304. The summed E-state index contributed by atoms with van der Waals surface area (Å²) in [4.78, 5) is 0. The Morgan fingerprint density at radius 2 is 1.92 bits per heavy atom. The number of hydrogen-bond donors (Lipinski definition) is 2. The van der Waals surface area contributed by atoms with Crippen molar-refractivity contribution in [2.75, 3.05) is 32.8 Å². The highest BCUT2D eigenvalue weighted by molar-refractivity contribution is 5.86. The molecule has 1 aromatic heterocycles. The Bertz CT molecular complexity index is 1170. The summed E-state index contributed by atoms with van der Waals surface area (Å²) in [6.45, 7) is 8.13. The fourth-order valence-corrected chi connectivity index (χ4v) is 5.88. The van der Waals surface area contributed by atoms with Crippen molar-refractivity contribution >= 4 is 23.3 Å². The van der Waals surface area contributed by atoms with Gasteiger partial charge in [0.2, 0.25) is 0 Å². The number of aromatic nitrogens is 1. The van der Waals surface area contributed by atoms with Gasteiger partial charge in [-0.1, -0.05) is 29.8 Å². The highest BCUT2D eigenvalue weighted by atomic mass is 35.5. The number of rotatable bonds is 8. The van der Waals surface area contributed by atoms with E-state index in [1.807, 2.05) is 6.07 Å². The third-order valence-corrected chi connectivity index (χ3v) is 7.86. The molecular weight excluding hydrogens is 468 g/mol. The van der Waals surface area contributed by atoms with Gasteiger partial charge < -0.3 is 19.9 Å². The average molecular weight is 507 g/mol. The van der Waals surface area contributed by atoms with Crippen LogP contribution < -0.4 is 10.6 Å². The van der Waals surface area contributed by atoms with Crippen molar-refractivity contribution in [2.24, 2.45) is 5.92 Å². The number of ether oxygens (including phenoxy) is 1. The Hall–Kier alpha value is -2.36. The van der Waals surface area contributed by atoms with Crippen LogP contribution >= 0.6 is 12.4 Å². The predicted octanol–water partition coefficient (Wildman–Crippen LogP) is 5.53. The summed E-state index contributed by atoms with van der Waals surface area (Å²) in [5, 5.41) is 18.2. The summed E-state index contributed by atoms with van der Waals surface area (Å²) < 4.78 is 8.05. The smallest absolute Gasteiger partial charge is 0.0991 e. The molecule has 2 N–H and O–H groups in total. The summed E-state index contributed by atoms with van der Waals surface area (Å²) in [5.74, 6) is 0.929. The number of benzene rings is 2. The molecule has 2 fully saturated rings. The van der Waals surface area contributed by atoms with Crippen LogP contribution in [-0.4, -0.2) is 43.5 Å². The highest BCUT2D eigenvalue weighted by Crippen LogP contribution is 2.36. The molecule has 36 heavy (non-hydrogen) atoms. The van der Waals surface area contributed by atoms with Gasteiger partial charge in [0.05, 0.1) is 11.6 Å². The topological polar surface area (TPSA) is 62.0 Å². The van der Waals surface area contributed by atoms with E-state index in [1.165, 1.54) is 40.4 Å². The largest absolute Gasteiger partial charge is 0.381 e. The number of halogens is 1. The van der Waals surface area contributed by atoms with Gasteiger partial charge in [0.1, 0.15) is 0 Å². The van der Waals surface area contributed by atoms with E-state index in [4.69, 9.17) is 4.74 Å². The standard InChI is InChI=1S/C30H38N4O.ClH/c1-22-3-2-4-25(17-22)27(9-14-33-26-7-12-32-13-8-26)29-21-34(20-23-10-15-35-16-11-23)30-6-5-24(19-31)18-28(29)30;/h2-6,17-18,21,23,26-27,32-33H,7-16,20H2,1H3;1H. The van der Waals surface area contributed by atoms with Crippen molar-refractivity contribution in [3.8, 4) is 6.07 Å². The monoisotopic (exact) mass is 506 g/mol. The van der Waals surface area contributed by atoms with Gasteiger partial charge >= 0.3 is 0 Å². The third kappa shape index (κ3) is 6.30. The molecule has 2 aliphatic rings. The molecule has 2 saturated heterocycles. The maximum Gasteiger partial charge on any atom is 0.0991 e. The van der Waals surface area contributed by atoms with Gasteiger partial charge in [-0.05, 0) is 93.9 Å². The number of hydrogen-bond acceptors (Lipinski definition) is 4. The second-order valence-electron chi connectivity index (χ2n) is 10.4. The zero-order valence-electron chi connectivity index (χ0n) is 21.3. The Morgan fingerprint density at radius 3 is 2.67 bits per heavy atom. The summed E-state index contributed by atoms with van der Waals surface area (Å²) in [7, 11) is 0. The van der Waals surface area contributed by atoms with E-state index >= 15 is 0 Å². The quantitative estimate of drug-likeness (QED) is 0.421. The lowest BCUT2D eigenvalue weighted by atomic mass is 9.87. The minimum atomic E-state index is 0. The molecule has 5 rings (SSSR count). The molecule has 3 aromatic rings. The second-order valence-corrected chi connectivity index (χ2v) is 10.4. The van der Waals surface area contributed by atoms with Crippen LogP contribution in [0.25, 0.3) is 10.9 Å². The molecule has 0 bridgehead atoms. The van der Waals surface area contributed by atoms with Crippen LogP contribution in [-0.2, 0) is 11.3 Å². The zero-order valence-corrected chi connectivity index (χ0v) is 22.2. The van der Waals surface area contributed by atoms with E-state index in [-0.39, 0.29) is 18.3 Å². The lowest BCUT2D eigenvalue weighted by molar-refractivity contribution is 0.0616. The van der Waals surface area contributed by atoms with Gasteiger partial charge in [-0.15, -0.1) is 12.4 Å². The molecule has 6 heteroatoms. The Labute approximate surface area is 221 Å². The van der Waals surface area contributed by atoms with E-state index in [1.54, 1.807) is 0 Å². The molecular formula is C30H39ClN4O. The molecule has 0 aliphatic carbocycles. The first-order valence-corrected chi connectivity index (χ1v) is 13.3. The highest BCUT2D eigenvalue weighted by Gasteiger charge is 2.23. The number of nitrogens with one attached hydrogen (secondary N) is 2. The van der Waals surface area contributed by atoms with Crippen molar-refractivity contribution in [1.29, 1.82) is 5.26 Å².